The Kier molecular flexibility index (Phi) is 3.38. The molecule has 4 nitrogen and oxygen atoms in total. The summed E-state index contributed by atoms with van der Waals surface area (Å²) in [7, 11) is 0. The third-order valence-electron chi connectivity index (χ3n) is 3.89. The number of unbranched alkanes of at least 4 members (excludes halogenated alkanes) is 1. The molecular formula is C12H21NO3. The number of cyclic esters (lactones) is 1. The van der Waals surface area contributed by atoms with Crippen molar-refractivity contribution in [1.82, 2.24) is 5.32 Å². The first-order valence-electron chi connectivity index (χ1n) is 6.36. The second kappa shape index (κ2) is 4.62. The van der Waals surface area contributed by atoms with Crippen LogP contribution in [0.15, 0.2) is 0 Å². The lowest BCUT2D eigenvalue weighted by molar-refractivity contribution is -0.0144. The van der Waals surface area contributed by atoms with Crippen LogP contribution in [0.5, 0.6) is 0 Å². The Hall–Kier alpha value is -0.770. The zero-order valence-electron chi connectivity index (χ0n) is 9.87. The zero-order chi connectivity index (χ0) is 11.6. The molecule has 92 valence electrons. The molecule has 16 heavy (non-hydrogen) atoms. The van der Waals surface area contributed by atoms with Gasteiger partial charge in [0.25, 0.3) is 0 Å². The van der Waals surface area contributed by atoms with Gasteiger partial charge in [-0.05, 0) is 25.7 Å². The number of alkyl carbamates (subject to hydrolysis) is 1. The van der Waals surface area contributed by atoms with Gasteiger partial charge in [0.15, 0.2) is 0 Å². The molecule has 2 aliphatic rings. The molecule has 1 heterocycles. The molecule has 1 spiro atoms. The summed E-state index contributed by atoms with van der Waals surface area (Å²) in [5, 5.41) is 13.0. The van der Waals surface area contributed by atoms with Gasteiger partial charge < -0.3 is 15.2 Å². The number of carbonyl (C=O) groups is 1. The topological polar surface area (TPSA) is 58.6 Å². The molecule has 0 aromatic heterocycles. The van der Waals surface area contributed by atoms with Crippen LogP contribution in [-0.4, -0.2) is 28.9 Å². The second-order valence-electron chi connectivity index (χ2n) is 4.96. The fourth-order valence-electron chi connectivity index (χ4n) is 2.94. The second-order valence-corrected chi connectivity index (χ2v) is 4.96. The third kappa shape index (κ3) is 1.90. The van der Waals surface area contributed by atoms with E-state index in [4.69, 9.17) is 4.74 Å². The van der Waals surface area contributed by atoms with Crippen molar-refractivity contribution in [3.63, 3.8) is 0 Å². The third-order valence-corrected chi connectivity index (χ3v) is 3.89. The summed E-state index contributed by atoms with van der Waals surface area (Å²) in [6, 6.07) is 0. The van der Waals surface area contributed by atoms with Crippen molar-refractivity contribution >= 4 is 6.09 Å². The van der Waals surface area contributed by atoms with Crippen molar-refractivity contribution < 1.29 is 14.6 Å². The van der Waals surface area contributed by atoms with Crippen molar-refractivity contribution in [2.75, 3.05) is 0 Å². The van der Waals surface area contributed by atoms with Gasteiger partial charge in [0.05, 0.1) is 6.10 Å². The van der Waals surface area contributed by atoms with Gasteiger partial charge in [0.2, 0.25) is 0 Å². The van der Waals surface area contributed by atoms with Crippen LogP contribution in [0.25, 0.3) is 0 Å². The zero-order valence-corrected chi connectivity index (χ0v) is 9.87. The van der Waals surface area contributed by atoms with Crippen LogP contribution in [0.3, 0.4) is 0 Å². The lowest BCUT2D eigenvalue weighted by atomic mass is 9.74. The minimum atomic E-state index is -0.496. The molecule has 1 saturated heterocycles. The lowest BCUT2D eigenvalue weighted by Crippen LogP contribution is -2.59. The number of carbonyl (C=O) groups excluding carboxylic acids is 1. The van der Waals surface area contributed by atoms with Crippen LogP contribution in [0.1, 0.15) is 51.9 Å². The number of ether oxygens (including phenoxy) is 1. The highest BCUT2D eigenvalue weighted by molar-refractivity contribution is 5.71. The standard InChI is InChI=1S/C12H21NO3/c1-2-3-7-10-12(13-11(15)16-10)8-5-4-6-9(12)14/h9-10,14H,2-8H2,1H3,(H,13,15)/t9-,10+,12+/m0/s1. The Labute approximate surface area is 96.4 Å². The van der Waals surface area contributed by atoms with Gasteiger partial charge >= 0.3 is 6.09 Å². The summed E-state index contributed by atoms with van der Waals surface area (Å²) in [6.45, 7) is 2.12. The lowest BCUT2D eigenvalue weighted by Gasteiger charge is -2.40. The smallest absolute Gasteiger partial charge is 0.408 e. The molecule has 0 unspecified atom stereocenters. The van der Waals surface area contributed by atoms with Gasteiger partial charge in [0, 0.05) is 0 Å². The van der Waals surface area contributed by atoms with Crippen LogP contribution in [-0.2, 0) is 4.74 Å². The number of rotatable bonds is 3. The predicted octanol–water partition coefficient (Wildman–Crippen LogP) is 1.96. The molecular weight excluding hydrogens is 206 g/mol. The molecule has 0 bridgehead atoms. The molecule has 1 saturated carbocycles. The minimum absolute atomic E-state index is 0.143. The number of aliphatic hydroxyl groups excluding tert-OH is 1. The molecule has 0 aromatic rings. The average Bonchev–Trinajstić information content (AvgIpc) is 2.58. The Morgan fingerprint density at radius 2 is 2.38 bits per heavy atom. The summed E-state index contributed by atoms with van der Waals surface area (Å²) >= 11 is 0. The van der Waals surface area contributed by atoms with E-state index in [-0.39, 0.29) is 12.2 Å². The van der Waals surface area contributed by atoms with Gasteiger partial charge in [-0.25, -0.2) is 4.79 Å². The van der Waals surface area contributed by atoms with Crippen LogP contribution in [0.2, 0.25) is 0 Å². The Morgan fingerprint density at radius 3 is 3.06 bits per heavy atom. The number of hydrogen-bond donors (Lipinski definition) is 2. The van der Waals surface area contributed by atoms with Gasteiger partial charge in [0.1, 0.15) is 11.6 Å². The molecule has 2 fully saturated rings. The summed E-state index contributed by atoms with van der Waals surface area (Å²) in [5.74, 6) is 0. The Bertz CT molecular complexity index is 269. The van der Waals surface area contributed by atoms with Crippen molar-refractivity contribution in [3.05, 3.63) is 0 Å². The van der Waals surface area contributed by atoms with E-state index in [9.17, 15) is 9.90 Å². The Balaban J connectivity index is 2.11. The van der Waals surface area contributed by atoms with E-state index in [1.54, 1.807) is 0 Å². The van der Waals surface area contributed by atoms with Gasteiger partial charge in [-0.3, -0.25) is 0 Å². The molecule has 1 aliphatic heterocycles. The molecule has 1 aliphatic carbocycles. The normalized spacial score (nSPS) is 38.5. The average molecular weight is 227 g/mol. The van der Waals surface area contributed by atoms with Gasteiger partial charge in [-0.2, -0.15) is 0 Å². The van der Waals surface area contributed by atoms with Crippen LogP contribution in [0.4, 0.5) is 4.79 Å². The van der Waals surface area contributed by atoms with E-state index >= 15 is 0 Å². The highest BCUT2D eigenvalue weighted by Crippen LogP contribution is 2.38. The number of aliphatic hydroxyl groups is 1. The summed E-state index contributed by atoms with van der Waals surface area (Å²) in [5.41, 5.74) is -0.496. The van der Waals surface area contributed by atoms with Crippen molar-refractivity contribution in [1.29, 1.82) is 0 Å². The monoisotopic (exact) mass is 227 g/mol. The molecule has 1 amide bonds. The van der Waals surface area contributed by atoms with Crippen LogP contribution < -0.4 is 5.32 Å². The highest BCUT2D eigenvalue weighted by Gasteiger charge is 2.53. The van der Waals surface area contributed by atoms with Crippen molar-refractivity contribution in [3.8, 4) is 0 Å². The van der Waals surface area contributed by atoms with Crippen LogP contribution in [0, 0.1) is 0 Å². The number of nitrogens with one attached hydrogen (secondary N) is 1. The van der Waals surface area contributed by atoms with Crippen molar-refractivity contribution in [2.45, 2.75) is 69.6 Å². The molecule has 0 radical (unpaired) electrons. The first-order valence-corrected chi connectivity index (χ1v) is 6.36. The van der Waals surface area contributed by atoms with Gasteiger partial charge in [-0.15, -0.1) is 0 Å². The van der Waals surface area contributed by atoms with E-state index < -0.39 is 11.6 Å². The quantitative estimate of drug-likeness (QED) is 0.775. The fourth-order valence-corrected chi connectivity index (χ4v) is 2.94. The van der Waals surface area contributed by atoms with E-state index in [1.807, 2.05) is 0 Å². The molecule has 3 atom stereocenters. The van der Waals surface area contributed by atoms with Crippen LogP contribution >= 0.6 is 0 Å². The Morgan fingerprint density at radius 1 is 1.56 bits per heavy atom. The number of amides is 1. The summed E-state index contributed by atoms with van der Waals surface area (Å²) < 4.78 is 5.32. The maximum absolute atomic E-state index is 11.4. The van der Waals surface area contributed by atoms with E-state index in [0.29, 0.717) is 0 Å². The van der Waals surface area contributed by atoms with E-state index in [2.05, 4.69) is 12.2 Å². The first kappa shape index (κ1) is 11.7. The van der Waals surface area contributed by atoms with E-state index in [0.717, 1.165) is 44.9 Å². The highest BCUT2D eigenvalue weighted by atomic mass is 16.6. The maximum Gasteiger partial charge on any atom is 0.408 e. The molecule has 2 rings (SSSR count). The fraction of sp³-hybridized carbons (Fsp3) is 0.917. The van der Waals surface area contributed by atoms with Gasteiger partial charge in [-0.1, -0.05) is 26.2 Å². The molecule has 4 heteroatoms. The molecule has 0 aromatic carbocycles. The summed E-state index contributed by atoms with van der Waals surface area (Å²) in [6.07, 6.45) is 5.73. The predicted molar refractivity (Wildman–Crippen MR) is 60.1 cm³/mol. The minimum Gasteiger partial charge on any atom is -0.444 e. The summed E-state index contributed by atoms with van der Waals surface area (Å²) in [4.78, 5) is 11.4. The number of hydrogen-bond acceptors (Lipinski definition) is 3. The van der Waals surface area contributed by atoms with E-state index in [1.165, 1.54) is 0 Å². The van der Waals surface area contributed by atoms with Crippen molar-refractivity contribution in [2.24, 2.45) is 0 Å². The SMILES string of the molecule is CCCC[C@H]1OC(=O)N[C@@]12CCCC[C@@H]2O. The maximum atomic E-state index is 11.4. The largest absolute Gasteiger partial charge is 0.444 e. The first-order chi connectivity index (χ1) is 7.69. The molecule has 2 N–H and O–H groups in total.